The quantitative estimate of drug-likeness (QED) is 0.800. The molecule has 1 fully saturated rings. The minimum absolute atomic E-state index is 0.0664. The van der Waals surface area contributed by atoms with Gasteiger partial charge < -0.3 is 15.4 Å². The first-order valence-corrected chi connectivity index (χ1v) is 5.80. The summed E-state index contributed by atoms with van der Waals surface area (Å²) in [4.78, 5) is 22.8. The van der Waals surface area contributed by atoms with Gasteiger partial charge in [0.1, 0.15) is 11.8 Å². The molecule has 1 aliphatic rings. The van der Waals surface area contributed by atoms with E-state index in [0.29, 0.717) is 6.42 Å². The molecule has 0 aliphatic carbocycles. The van der Waals surface area contributed by atoms with Crippen molar-refractivity contribution in [1.29, 1.82) is 0 Å². The fourth-order valence-electron chi connectivity index (χ4n) is 2.05. The monoisotopic (exact) mass is 248 g/mol. The number of amides is 2. The lowest BCUT2D eigenvalue weighted by Gasteiger charge is -2.23. The maximum Gasteiger partial charge on any atom is 0.243 e. The lowest BCUT2D eigenvalue weighted by Crippen LogP contribution is -2.56. The summed E-state index contributed by atoms with van der Waals surface area (Å²) in [5, 5.41) is 5.24. The van der Waals surface area contributed by atoms with Crippen LogP contribution in [0.15, 0.2) is 18.2 Å². The van der Waals surface area contributed by atoms with Crippen LogP contribution in [0.4, 0.5) is 0 Å². The molecule has 5 heteroatoms. The highest BCUT2D eigenvalue weighted by atomic mass is 16.5. The summed E-state index contributed by atoms with van der Waals surface area (Å²) in [5.74, 6) is 0.531. The van der Waals surface area contributed by atoms with Crippen LogP contribution in [0.1, 0.15) is 11.1 Å². The SMILES string of the molecule is COc1ccc(CC2NC(=O)CNC2=O)cc1C. The van der Waals surface area contributed by atoms with Gasteiger partial charge in [-0.3, -0.25) is 9.59 Å². The van der Waals surface area contributed by atoms with E-state index in [1.54, 1.807) is 7.11 Å². The van der Waals surface area contributed by atoms with Crippen LogP contribution in [0.5, 0.6) is 5.75 Å². The van der Waals surface area contributed by atoms with Crippen molar-refractivity contribution in [2.24, 2.45) is 0 Å². The van der Waals surface area contributed by atoms with Gasteiger partial charge in [-0.2, -0.15) is 0 Å². The average molecular weight is 248 g/mol. The summed E-state index contributed by atoms with van der Waals surface area (Å²) in [6.45, 7) is 2.01. The topological polar surface area (TPSA) is 67.4 Å². The Bertz CT molecular complexity index is 485. The Hall–Kier alpha value is -2.04. The molecule has 1 aromatic rings. The zero-order chi connectivity index (χ0) is 13.1. The van der Waals surface area contributed by atoms with Gasteiger partial charge in [0.25, 0.3) is 0 Å². The summed E-state index contributed by atoms with van der Waals surface area (Å²) in [5.41, 5.74) is 2.01. The molecule has 2 N–H and O–H groups in total. The number of hydrogen-bond acceptors (Lipinski definition) is 3. The number of methoxy groups -OCH3 is 1. The first kappa shape index (κ1) is 12.4. The van der Waals surface area contributed by atoms with Gasteiger partial charge in [-0.25, -0.2) is 0 Å². The highest BCUT2D eigenvalue weighted by Gasteiger charge is 2.25. The van der Waals surface area contributed by atoms with E-state index >= 15 is 0 Å². The molecule has 1 aromatic carbocycles. The van der Waals surface area contributed by atoms with Crippen molar-refractivity contribution >= 4 is 11.8 Å². The second kappa shape index (κ2) is 5.08. The van der Waals surface area contributed by atoms with Gasteiger partial charge in [0, 0.05) is 6.42 Å². The van der Waals surface area contributed by atoms with Crippen LogP contribution in [0.2, 0.25) is 0 Å². The zero-order valence-electron chi connectivity index (χ0n) is 10.4. The summed E-state index contributed by atoms with van der Waals surface area (Å²) in [6, 6.07) is 5.25. The Morgan fingerprint density at radius 3 is 2.83 bits per heavy atom. The van der Waals surface area contributed by atoms with Crippen molar-refractivity contribution < 1.29 is 14.3 Å². The molecule has 0 spiro atoms. The Morgan fingerprint density at radius 1 is 1.39 bits per heavy atom. The zero-order valence-corrected chi connectivity index (χ0v) is 10.4. The number of carbonyl (C=O) groups excluding carboxylic acids is 2. The highest BCUT2D eigenvalue weighted by Crippen LogP contribution is 2.19. The number of hydrogen-bond donors (Lipinski definition) is 2. The molecule has 1 saturated heterocycles. The first-order chi connectivity index (χ1) is 8.60. The Balaban J connectivity index is 2.11. The second-order valence-corrected chi connectivity index (χ2v) is 4.35. The van der Waals surface area contributed by atoms with Crippen LogP contribution in [-0.4, -0.2) is 31.5 Å². The Labute approximate surface area is 106 Å². The number of nitrogens with one attached hydrogen (secondary N) is 2. The van der Waals surface area contributed by atoms with Crippen molar-refractivity contribution in [3.05, 3.63) is 29.3 Å². The predicted molar refractivity (Wildman–Crippen MR) is 66.4 cm³/mol. The van der Waals surface area contributed by atoms with Crippen LogP contribution in [0.25, 0.3) is 0 Å². The van der Waals surface area contributed by atoms with Gasteiger partial charge in [-0.15, -0.1) is 0 Å². The molecular formula is C13H16N2O3. The molecule has 1 heterocycles. The number of ether oxygens (including phenoxy) is 1. The van der Waals surface area contributed by atoms with Crippen molar-refractivity contribution in [1.82, 2.24) is 10.6 Å². The smallest absolute Gasteiger partial charge is 0.243 e. The van der Waals surface area contributed by atoms with Gasteiger partial charge in [0.15, 0.2) is 0 Å². The van der Waals surface area contributed by atoms with E-state index in [2.05, 4.69) is 10.6 Å². The van der Waals surface area contributed by atoms with E-state index < -0.39 is 6.04 Å². The fraction of sp³-hybridized carbons (Fsp3) is 0.385. The van der Waals surface area contributed by atoms with Crippen molar-refractivity contribution in [3.8, 4) is 5.75 Å². The summed E-state index contributed by atoms with van der Waals surface area (Å²) < 4.78 is 5.18. The van der Waals surface area contributed by atoms with E-state index in [9.17, 15) is 9.59 Å². The average Bonchev–Trinajstić information content (AvgIpc) is 2.34. The highest BCUT2D eigenvalue weighted by molar-refractivity contribution is 5.94. The van der Waals surface area contributed by atoms with Crippen LogP contribution in [-0.2, 0) is 16.0 Å². The van der Waals surface area contributed by atoms with E-state index in [4.69, 9.17) is 4.74 Å². The Kier molecular flexibility index (Phi) is 3.50. The number of benzene rings is 1. The van der Waals surface area contributed by atoms with Crippen molar-refractivity contribution in [2.45, 2.75) is 19.4 Å². The maximum atomic E-state index is 11.6. The molecule has 1 atom stereocenters. The molecule has 2 amide bonds. The third-order valence-corrected chi connectivity index (χ3v) is 2.97. The molecule has 0 saturated carbocycles. The Morgan fingerprint density at radius 2 is 2.17 bits per heavy atom. The lowest BCUT2D eigenvalue weighted by atomic mass is 10.0. The van der Waals surface area contributed by atoms with Crippen LogP contribution < -0.4 is 15.4 Å². The van der Waals surface area contributed by atoms with Gasteiger partial charge in [-0.05, 0) is 24.1 Å². The number of piperazine rings is 1. The molecule has 5 nitrogen and oxygen atoms in total. The molecule has 1 unspecified atom stereocenters. The summed E-state index contributed by atoms with van der Waals surface area (Å²) >= 11 is 0. The number of aryl methyl sites for hydroxylation is 1. The summed E-state index contributed by atoms with van der Waals surface area (Å²) in [6.07, 6.45) is 0.488. The standard InChI is InChI=1S/C13H16N2O3/c1-8-5-9(3-4-11(8)18-2)6-10-13(17)14-7-12(16)15-10/h3-5,10H,6-7H2,1-2H3,(H,14,17)(H,15,16). The number of rotatable bonds is 3. The normalized spacial score (nSPS) is 19.1. The van der Waals surface area contributed by atoms with E-state index in [0.717, 1.165) is 16.9 Å². The molecule has 18 heavy (non-hydrogen) atoms. The third-order valence-electron chi connectivity index (χ3n) is 2.97. The van der Waals surface area contributed by atoms with Crippen LogP contribution >= 0.6 is 0 Å². The fourth-order valence-corrected chi connectivity index (χ4v) is 2.05. The van der Waals surface area contributed by atoms with E-state index in [1.807, 2.05) is 25.1 Å². The molecule has 96 valence electrons. The van der Waals surface area contributed by atoms with E-state index in [1.165, 1.54) is 0 Å². The van der Waals surface area contributed by atoms with Gasteiger partial charge in [0.2, 0.25) is 11.8 Å². The van der Waals surface area contributed by atoms with Crippen LogP contribution in [0, 0.1) is 6.92 Å². The molecule has 0 aromatic heterocycles. The largest absolute Gasteiger partial charge is 0.496 e. The van der Waals surface area contributed by atoms with Crippen molar-refractivity contribution in [3.63, 3.8) is 0 Å². The molecule has 0 radical (unpaired) electrons. The predicted octanol–water partition coefficient (Wildman–Crippen LogP) is 0.161. The molecule has 2 rings (SSSR count). The van der Waals surface area contributed by atoms with Crippen molar-refractivity contribution in [2.75, 3.05) is 13.7 Å². The van der Waals surface area contributed by atoms with E-state index in [-0.39, 0.29) is 18.4 Å². The molecule has 1 aliphatic heterocycles. The summed E-state index contributed by atoms with van der Waals surface area (Å²) in [7, 11) is 1.62. The number of carbonyl (C=O) groups is 2. The maximum absolute atomic E-state index is 11.6. The first-order valence-electron chi connectivity index (χ1n) is 5.80. The molecule has 0 bridgehead atoms. The molecular weight excluding hydrogens is 232 g/mol. The third kappa shape index (κ3) is 2.61. The lowest BCUT2D eigenvalue weighted by molar-refractivity contribution is -0.133. The van der Waals surface area contributed by atoms with Crippen LogP contribution in [0.3, 0.4) is 0 Å². The van der Waals surface area contributed by atoms with Gasteiger partial charge >= 0.3 is 0 Å². The minimum atomic E-state index is -0.487. The second-order valence-electron chi connectivity index (χ2n) is 4.35. The van der Waals surface area contributed by atoms with Gasteiger partial charge in [-0.1, -0.05) is 12.1 Å². The minimum Gasteiger partial charge on any atom is -0.496 e. The van der Waals surface area contributed by atoms with Gasteiger partial charge in [0.05, 0.1) is 13.7 Å².